The van der Waals surface area contributed by atoms with E-state index in [4.69, 9.17) is 15.2 Å². The molecule has 3 N–H and O–H groups in total. The maximum absolute atomic E-state index is 9.42. The number of hydrogen-bond donors (Lipinski definition) is 2. The molecule has 0 heterocycles. The van der Waals surface area contributed by atoms with E-state index in [2.05, 4.69) is 0 Å². The summed E-state index contributed by atoms with van der Waals surface area (Å²) >= 11 is 0. The number of hydrogen-bond acceptors (Lipinski definition) is 4. The third kappa shape index (κ3) is 4.07. The SMILES string of the molecule is CCOc1cc([C@H](N)[C@@H](C)O)ccc1OC.Cl. The summed E-state index contributed by atoms with van der Waals surface area (Å²) in [5.41, 5.74) is 6.68. The third-order valence-corrected chi connectivity index (χ3v) is 2.39. The normalized spacial score (nSPS) is 13.5. The largest absolute Gasteiger partial charge is 0.493 e. The number of aliphatic hydroxyl groups is 1. The van der Waals surface area contributed by atoms with Crippen LogP contribution >= 0.6 is 12.4 Å². The highest BCUT2D eigenvalue weighted by Crippen LogP contribution is 2.30. The predicted molar refractivity (Wildman–Crippen MR) is 70.0 cm³/mol. The van der Waals surface area contributed by atoms with Crippen molar-refractivity contribution in [3.8, 4) is 11.5 Å². The molecule has 0 saturated heterocycles. The van der Waals surface area contributed by atoms with Gasteiger partial charge in [0.2, 0.25) is 0 Å². The number of rotatable bonds is 5. The van der Waals surface area contributed by atoms with Gasteiger partial charge in [0.1, 0.15) is 0 Å². The lowest BCUT2D eigenvalue weighted by molar-refractivity contribution is 0.164. The van der Waals surface area contributed by atoms with E-state index in [1.165, 1.54) is 0 Å². The van der Waals surface area contributed by atoms with Crippen molar-refractivity contribution in [1.82, 2.24) is 0 Å². The minimum Gasteiger partial charge on any atom is -0.493 e. The van der Waals surface area contributed by atoms with Crippen molar-refractivity contribution < 1.29 is 14.6 Å². The Morgan fingerprint density at radius 1 is 1.35 bits per heavy atom. The maximum Gasteiger partial charge on any atom is 0.161 e. The van der Waals surface area contributed by atoms with Gasteiger partial charge in [-0.3, -0.25) is 0 Å². The Morgan fingerprint density at radius 2 is 2.00 bits per heavy atom. The number of halogens is 1. The third-order valence-electron chi connectivity index (χ3n) is 2.39. The molecule has 0 radical (unpaired) electrons. The van der Waals surface area contributed by atoms with Crippen molar-refractivity contribution in [3.05, 3.63) is 23.8 Å². The van der Waals surface area contributed by atoms with Crippen LogP contribution in [0.15, 0.2) is 18.2 Å². The molecule has 0 fully saturated rings. The summed E-state index contributed by atoms with van der Waals surface area (Å²) in [6.07, 6.45) is -0.595. The van der Waals surface area contributed by atoms with Gasteiger partial charge in [0.05, 0.1) is 25.9 Å². The zero-order valence-electron chi connectivity index (χ0n) is 10.3. The zero-order valence-corrected chi connectivity index (χ0v) is 11.2. The molecule has 0 aliphatic carbocycles. The molecular weight excluding hydrogens is 242 g/mol. The van der Waals surface area contributed by atoms with Gasteiger partial charge in [-0.15, -0.1) is 12.4 Å². The first-order valence-corrected chi connectivity index (χ1v) is 5.34. The number of methoxy groups -OCH3 is 1. The Bertz CT molecular complexity index is 345. The molecule has 5 heteroatoms. The summed E-state index contributed by atoms with van der Waals surface area (Å²) in [6.45, 7) is 4.12. The van der Waals surface area contributed by atoms with Crippen LogP contribution in [0.25, 0.3) is 0 Å². The lowest BCUT2D eigenvalue weighted by Gasteiger charge is -2.17. The lowest BCUT2D eigenvalue weighted by atomic mass is 10.0. The molecule has 0 unspecified atom stereocenters. The molecule has 4 nitrogen and oxygen atoms in total. The maximum atomic E-state index is 9.42. The molecule has 0 aliphatic rings. The second-order valence-corrected chi connectivity index (χ2v) is 3.61. The van der Waals surface area contributed by atoms with Gasteiger partial charge in [-0.25, -0.2) is 0 Å². The molecule has 0 aliphatic heterocycles. The Morgan fingerprint density at radius 3 is 2.47 bits per heavy atom. The number of aliphatic hydroxyl groups excluding tert-OH is 1. The van der Waals surface area contributed by atoms with Crippen LogP contribution in [0.4, 0.5) is 0 Å². The van der Waals surface area contributed by atoms with E-state index in [0.29, 0.717) is 18.1 Å². The van der Waals surface area contributed by atoms with Gasteiger partial charge in [0.25, 0.3) is 0 Å². The summed E-state index contributed by atoms with van der Waals surface area (Å²) in [5.74, 6) is 1.32. The van der Waals surface area contributed by atoms with Crippen LogP contribution in [-0.2, 0) is 0 Å². The molecule has 0 spiro atoms. The second-order valence-electron chi connectivity index (χ2n) is 3.61. The summed E-state index contributed by atoms with van der Waals surface area (Å²) < 4.78 is 10.6. The first kappa shape index (κ1) is 16.0. The van der Waals surface area contributed by atoms with Crippen molar-refractivity contribution in [2.75, 3.05) is 13.7 Å². The summed E-state index contributed by atoms with van der Waals surface area (Å²) in [6, 6.07) is 5.02. The predicted octanol–water partition coefficient (Wildman–Crippen LogP) is 1.90. The molecule has 17 heavy (non-hydrogen) atoms. The van der Waals surface area contributed by atoms with Crippen LogP contribution in [0.3, 0.4) is 0 Å². The van der Waals surface area contributed by atoms with E-state index in [9.17, 15) is 5.11 Å². The number of benzene rings is 1. The number of nitrogens with two attached hydrogens (primary N) is 1. The van der Waals surface area contributed by atoms with Gasteiger partial charge in [-0.2, -0.15) is 0 Å². The van der Waals surface area contributed by atoms with Crippen LogP contribution in [-0.4, -0.2) is 24.9 Å². The monoisotopic (exact) mass is 261 g/mol. The van der Waals surface area contributed by atoms with Crippen molar-refractivity contribution in [3.63, 3.8) is 0 Å². The van der Waals surface area contributed by atoms with Gasteiger partial charge in [-0.05, 0) is 31.5 Å². The molecule has 0 saturated carbocycles. The highest BCUT2D eigenvalue weighted by molar-refractivity contribution is 5.85. The fourth-order valence-corrected chi connectivity index (χ4v) is 1.45. The average Bonchev–Trinajstić information content (AvgIpc) is 2.28. The van der Waals surface area contributed by atoms with Gasteiger partial charge in [0, 0.05) is 0 Å². The molecule has 2 atom stereocenters. The molecule has 0 bridgehead atoms. The van der Waals surface area contributed by atoms with Crippen molar-refractivity contribution in [2.45, 2.75) is 26.0 Å². The van der Waals surface area contributed by atoms with Crippen molar-refractivity contribution >= 4 is 12.4 Å². The van der Waals surface area contributed by atoms with Gasteiger partial charge < -0.3 is 20.3 Å². The summed E-state index contributed by atoms with van der Waals surface area (Å²) in [7, 11) is 1.59. The van der Waals surface area contributed by atoms with Gasteiger partial charge in [-0.1, -0.05) is 6.07 Å². The minimum atomic E-state index is -0.595. The highest BCUT2D eigenvalue weighted by Gasteiger charge is 2.14. The molecule has 1 rings (SSSR count). The van der Waals surface area contributed by atoms with Crippen LogP contribution in [0, 0.1) is 0 Å². The highest BCUT2D eigenvalue weighted by atomic mass is 35.5. The van der Waals surface area contributed by atoms with E-state index >= 15 is 0 Å². The first-order valence-electron chi connectivity index (χ1n) is 5.34. The quantitative estimate of drug-likeness (QED) is 0.850. The Labute approximate surface area is 108 Å². The topological polar surface area (TPSA) is 64.7 Å². The van der Waals surface area contributed by atoms with Gasteiger partial charge in [0.15, 0.2) is 11.5 Å². The van der Waals surface area contributed by atoms with Crippen LogP contribution in [0.1, 0.15) is 25.5 Å². The van der Waals surface area contributed by atoms with Crippen molar-refractivity contribution in [2.24, 2.45) is 5.73 Å². The fraction of sp³-hybridized carbons (Fsp3) is 0.500. The van der Waals surface area contributed by atoms with E-state index in [-0.39, 0.29) is 12.4 Å². The molecule has 1 aromatic carbocycles. The van der Waals surface area contributed by atoms with Crippen LogP contribution in [0.5, 0.6) is 11.5 Å². The van der Waals surface area contributed by atoms with Gasteiger partial charge >= 0.3 is 0 Å². The summed E-state index contributed by atoms with van der Waals surface area (Å²) in [5, 5.41) is 9.42. The second kappa shape index (κ2) is 7.37. The average molecular weight is 262 g/mol. The Kier molecular flexibility index (Phi) is 6.95. The van der Waals surface area contributed by atoms with Crippen LogP contribution < -0.4 is 15.2 Å². The molecule has 0 aromatic heterocycles. The minimum absolute atomic E-state index is 0. The molecule has 0 amide bonds. The zero-order chi connectivity index (χ0) is 12.1. The van der Waals surface area contributed by atoms with Crippen LogP contribution in [0.2, 0.25) is 0 Å². The Balaban J connectivity index is 0.00000256. The van der Waals surface area contributed by atoms with E-state index < -0.39 is 12.1 Å². The first-order chi connectivity index (χ1) is 7.60. The Hall–Kier alpha value is -0.970. The standard InChI is InChI=1S/C12H19NO3.ClH/c1-4-16-11-7-9(12(13)8(2)14)5-6-10(11)15-3;/h5-8,12,14H,4,13H2,1-3H3;1H/t8-,12-;/m1./s1. The molecular formula is C12H20ClNO3. The lowest BCUT2D eigenvalue weighted by Crippen LogP contribution is -2.23. The van der Waals surface area contributed by atoms with E-state index in [1.807, 2.05) is 13.0 Å². The smallest absolute Gasteiger partial charge is 0.161 e. The molecule has 1 aromatic rings. The number of ether oxygens (including phenoxy) is 2. The fourth-order valence-electron chi connectivity index (χ4n) is 1.45. The van der Waals surface area contributed by atoms with E-state index in [0.717, 1.165) is 5.56 Å². The van der Waals surface area contributed by atoms with Crippen molar-refractivity contribution in [1.29, 1.82) is 0 Å². The summed E-state index contributed by atoms with van der Waals surface area (Å²) in [4.78, 5) is 0. The molecule has 98 valence electrons. The van der Waals surface area contributed by atoms with E-state index in [1.54, 1.807) is 26.2 Å².